The third kappa shape index (κ3) is 6.86. The molecule has 2 heterocycles. The fraction of sp³-hybridized carbons (Fsp3) is 0.586. The molecule has 2 fully saturated rings. The van der Waals surface area contributed by atoms with Gasteiger partial charge in [-0.3, -0.25) is 9.59 Å². The number of piperidine rings is 1. The molecule has 2 N–H and O–H groups in total. The zero-order valence-corrected chi connectivity index (χ0v) is 23.0. The largest absolute Gasteiger partial charge is 0.354 e. The second-order valence-corrected chi connectivity index (χ2v) is 11.1. The second kappa shape index (κ2) is 12.0. The molecule has 2 amide bonds. The fourth-order valence-electron chi connectivity index (χ4n) is 5.59. The van der Waals surface area contributed by atoms with E-state index in [4.69, 9.17) is 4.98 Å². The van der Waals surface area contributed by atoms with Crippen molar-refractivity contribution >= 4 is 23.5 Å². The van der Waals surface area contributed by atoms with E-state index in [1.165, 1.54) is 0 Å². The van der Waals surface area contributed by atoms with E-state index in [2.05, 4.69) is 27.6 Å². The van der Waals surface area contributed by atoms with Gasteiger partial charge in [0.2, 0.25) is 11.9 Å². The number of hydrogen-bond acceptors (Lipinski definition) is 6. The third-order valence-corrected chi connectivity index (χ3v) is 7.90. The molecule has 0 spiro atoms. The van der Waals surface area contributed by atoms with E-state index in [-0.39, 0.29) is 29.8 Å². The SMILES string of the molecule is Cc1cnc(Nc2ccc(C(=O)N(C)C3CCN(C)CC3)cc2)nc1C[C@@H]1CCC[C@@H]1C(=O)NC(C)C. The lowest BCUT2D eigenvalue weighted by atomic mass is 9.89. The van der Waals surface area contributed by atoms with Crippen LogP contribution in [0.2, 0.25) is 0 Å². The molecule has 1 aromatic heterocycles. The zero-order valence-electron chi connectivity index (χ0n) is 23.0. The molecule has 1 aromatic carbocycles. The average molecular weight is 507 g/mol. The van der Waals surface area contributed by atoms with Crippen LogP contribution >= 0.6 is 0 Å². The molecule has 2 aromatic rings. The molecule has 8 heteroatoms. The summed E-state index contributed by atoms with van der Waals surface area (Å²) in [6, 6.07) is 7.98. The van der Waals surface area contributed by atoms with Gasteiger partial charge in [-0.2, -0.15) is 0 Å². The van der Waals surface area contributed by atoms with Crippen molar-refractivity contribution in [3.05, 3.63) is 47.3 Å². The highest BCUT2D eigenvalue weighted by atomic mass is 16.2. The van der Waals surface area contributed by atoms with Crippen molar-refractivity contribution in [3.63, 3.8) is 0 Å². The van der Waals surface area contributed by atoms with Gasteiger partial charge >= 0.3 is 0 Å². The van der Waals surface area contributed by atoms with Gasteiger partial charge in [0.05, 0.1) is 0 Å². The van der Waals surface area contributed by atoms with E-state index < -0.39 is 0 Å². The fourth-order valence-corrected chi connectivity index (χ4v) is 5.59. The molecule has 8 nitrogen and oxygen atoms in total. The number of likely N-dealkylation sites (tertiary alicyclic amines) is 1. The Morgan fingerprint density at radius 2 is 1.81 bits per heavy atom. The van der Waals surface area contributed by atoms with Crippen LogP contribution in [0.1, 0.15) is 67.6 Å². The first-order valence-corrected chi connectivity index (χ1v) is 13.7. The summed E-state index contributed by atoms with van der Waals surface area (Å²) in [4.78, 5) is 39.2. The Morgan fingerprint density at radius 1 is 1.11 bits per heavy atom. The summed E-state index contributed by atoms with van der Waals surface area (Å²) >= 11 is 0. The number of carbonyl (C=O) groups excluding carboxylic acids is 2. The number of hydrogen-bond donors (Lipinski definition) is 2. The lowest BCUT2D eigenvalue weighted by Crippen LogP contribution is -2.44. The molecule has 0 unspecified atom stereocenters. The lowest BCUT2D eigenvalue weighted by molar-refractivity contribution is -0.126. The third-order valence-electron chi connectivity index (χ3n) is 7.90. The predicted molar refractivity (Wildman–Crippen MR) is 147 cm³/mol. The molecule has 2 aliphatic rings. The highest BCUT2D eigenvalue weighted by molar-refractivity contribution is 5.94. The number of benzene rings is 1. The number of rotatable bonds is 8. The number of amides is 2. The average Bonchev–Trinajstić information content (AvgIpc) is 3.34. The summed E-state index contributed by atoms with van der Waals surface area (Å²) in [5.74, 6) is 1.10. The first kappa shape index (κ1) is 27.0. The number of nitrogens with one attached hydrogen (secondary N) is 2. The molecule has 4 rings (SSSR count). The van der Waals surface area contributed by atoms with Crippen LogP contribution < -0.4 is 10.6 Å². The van der Waals surface area contributed by atoms with Crippen LogP contribution in [-0.4, -0.2) is 70.9 Å². The Labute approximate surface area is 221 Å². The maximum absolute atomic E-state index is 13.0. The molecule has 0 bridgehead atoms. The van der Waals surface area contributed by atoms with Crippen LogP contribution in [0.15, 0.2) is 30.5 Å². The number of nitrogens with zero attached hydrogens (tertiary/aromatic N) is 4. The van der Waals surface area contributed by atoms with Crippen molar-refractivity contribution in [2.75, 3.05) is 32.5 Å². The molecule has 2 atom stereocenters. The van der Waals surface area contributed by atoms with Gasteiger partial charge < -0.3 is 20.4 Å². The second-order valence-electron chi connectivity index (χ2n) is 11.1. The molecule has 1 saturated carbocycles. The molecular formula is C29H42N6O2. The van der Waals surface area contributed by atoms with Gasteiger partial charge in [0, 0.05) is 48.2 Å². The van der Waals surface area contributed by atoms with Crippen LogP contribution in [0.5, 0.6) is 0 Å². The molecule has 1 aliphatic heterocycles. The van der Waals surface area contributed by atoms with Crippen molar-refractivity contribution < 1.29 is 9.59 Å². The summed E-state index contributed by atoms with van der Waals surface area (Å²) in [6.07, 6.45) is 7.70. The maximum Gasteiger partial charge on any atom is 0.253 e. The zero-order chi connectivity index (χ0) is 26.5. The van der Waals surface area contributed by atoms with Crippen molar-refractivity contribution in [1.82, 2.24) is 25.1 Å². The Morgan fingerprint density at radius 3 is 2.49 bits per heavy atom. The highest BCUT2D eigenvalue weighted by Gasteiger charge is 2.33. The van der Waals surface area contributed by atoms with Crippen LogP contribution in [0, 0.1) is 18.8 Å². The van der Waals surface area contributed by atoms with E-state index in [0.717, 1.165) is 68.6 Å². The van der Waals surface area contributed by atoms with Crippen LogP contribution in [0.25, 0.3) is 0 Å². The summed E-state index contributed by atoms with van der Waals surface area (Å²) in [7, 11) is 4.04. The Kier molecular flexibility index (Phi) is 8.79. The van der Waals surface area contributed by atoms with E-state index >= 15 is 0 Å². The minimum Gasteiger partial charge on any atom is -0.354 e. The van der Waals surface area contributed by atoms with Crippen LogP contribution in [-0.2, 0) is 11.2 Å². The van der Waals surface area contributed by atoms with Gasteiger partial charge in [0.25, 0.3) is 5.91 Å². The minimum atomic E-state index is 0.0471. The first-order valence-electron chi connectivity index (χ1n) is 13.7. The van der Waals surface area contributed by atoms with E-state index in [1.54, 1.807) is 0 Å². The topological polar surface area (TPSA) is 90.5 Å². The molecule has 1 saturated heterocycles. The van der Waals surface area contributed by atoms with Crippen molar-refractivity contribution in [1.29, 1.82) is 0 Å². The summed E-state index contributed by atoms with van der Waals surface area (Å²) in [5, 5.41) is 6.37. The highest BCUT2D eigenvalue weighted by Crippen LogP contribution is 2.35. The molecule has 37 heavy (non-hydrogen) atoms. The lowest BCUT2D eigenvalue weighted by Gasteiger charge is -2.35. The van der Waals surface area contributed by atoms with Crippen molar-refractivity contribution in [3.8, 4) is 0 Å². The minimum absolute atomic E-state index is 0.0471. The van der Waals surface area contributed by atoms with Crippen LogP contribution in [0.3, 0.4) is 0 Å². The van der Waals surface area contributed by atoms with E-state index in [0.29, 0.717) is 17.4 Å². The smallest absolute Gasteiger partial charge is 0.253 e. The number of anilines is 2. The number of aromatic nitrogens is 2. The van der Waals surface area contributed by atoms with Crippen molar-refractivity contribution in [2.45, 2.75) is 71.4 Å². The Balaban J connectivity index is 1.39. The summed E-state index contributed by atoms with van der Waals surface area (Å²) in [6.45, 7) is 8.08. The Hall–Kier alpha value is -3.00. The maximum atomic E-state index is 13.0. The Bertz CT molecular complexity index is 1080. The van der Waals surface area contributed by atoms with Gasteiger partial charge in [-0.25, -0.2) is 9.97 Å². The molecule has 1 aliphatic carbocycles. The molecular weight excluding hydrogens is 464 g/mol. The van der Waals surface area contributed by atoms with E-state index in [9.17, 15) is 9.59 Å². The number of carbonyl (C=O) groups is 2. The van der Waals surface area contributed by atoms with E-state index in [1.807, 2.05) is 63.2 Å². The van der Waals surface area contributed by atoms with Gasteiger partial charge in [-0.05, 0) is 109 Å². The van der Waals surface area contributed by atoms with Gasteiger partial charge in [0.15, 0.2) is 0 Å². The predicted octanol–water partition coefficient (Wildman–Crippen LogP) is 4.18. The summed E-state index contributed by atoms with van der Waals surface area (Å²) in [5.41, 5.74) is 3.55. The summed E-state index contributed by atoms with van der Waals surface area (Å²) < 4.78 is 0. The molecule has 200 valence electrons. The van der Waals surface area contributed by atoms with Gasteiger partial charge in [-0.1, -0.05) is 6.42 Å². The monoisotopic (exact) mass is 506 g/mol. The first-order chi connectivity index (χ1) is 17.7. The van der Waals surface area contributed by atoms with Gasteiger partial charge in [-0.15, -0.1) is 0 Å². The normalized spacial score (nSPS) is 20.7. The molecule has 0 radical (unpaired) electrons. The standard InChI is InChI=1S/C29H42N6O2/c1-19(2)31-27(36)25-8-6-7-22(25)17-26-20(3)18-30-29(33-26)32-23-11-9-21(10-12-23)28(37)35(5)24-13-15-34(4)16-14-24/h9-12,18-19,22,24-25H,6-8,13-17H2,1-5H3,(H,31,36)(H,30,32,33)/t22-,25-/m0/s1. The van der Waals surface area contributed by atoms with Crippen LogP contribution in [0.4, 0.5) is 11.6 Å². The van der Waals surface area contributed by atoms with Gasteiger partial charge in [0.1, 0.15) is 0 Å². The van der Waals surface area contributed by atoms with Crippen molar-refractivity contribution in [2.24, 2.45) is 11.8 Å². The quantitative estimate of drug-likeness (QED) is 0.558. The number of aryl methyl sites for hydroxylation is 1.